The molecule has 0 saturated heterocycles. The Kier molecular flexibility index (Phi) is 3.70. The Balaban J connectivity index is 2.28. The Morgan fingerprint density at radius 2 is 2.20 bits per heavy atom. The predicted octanol–water partition coefficient (Wildman–Crippen LogP) is 2.67. The third-order valence-corrected chi connectivity index (χ3v) is 3.15. The van der Waals surface area contributed by atoms with Crippen LogP contribution in [-0.2, 0) is 4.79 Å². The largest absolute Gasteiger partial charge is 0.486 e. The third-order valence-electron chi connectivity index (χ3n) is 3.15. The average Bonchev–Trinajstić information content (AvgIpc) is 2.33. The van der Waals surface area contributed by atoms with Crippen LogP contribution in [0.1, 0.15) is 44.0 Å². The number of rotatable bonds is 4. The summed E-state index contributed by atoms with van der Waals surface area (Å²) in [5.74, 6) is -0.150. The van der Waals surface area contributed by atoms with Crippen molar-refractivity contribution in [2.45, 2.75) is 45.3 Å². The molecule has 1 N–H and O–H groups in total. The Morgan fingerprint density at radius 3 is 2.80 bits per heavy atom. The smallest absolute Gasteiger partial charge is 0.344 e. The SMILES string of the molecule is CCC(Oc1ccc2c(c1)OC(C)(C)CC2=O)C(=O)O. The highest BCUT2D eigenvalue weighted by atomic mass is 16.5. The van der Waals surface area contributed by atoms with Gasteiger partial charge >= 0.3 is 5.97 Å². The highest BCUT2D eigenvalue weighted by Crippen LogP contribution is 2.35. The molecule has 20 heavy (non-hydrogen) atoms. The number of carboxylic acids is 1. The van der Waals surface area contributed by atoms with Crippen LogP contribution in [0, 0.1) is 0 Å². The molecule has 108 valence electrons. The van der Waals surface area contributed by atoms with Gasteiger partial charge in [0.2, 0.25) is 0 Å². The number of fused-ring (bicyclic) bond motifs is 1. The van der Waals surface area contributed by atoms with Gasteiger partial charge in [0.05, 0.1) is 12.0 Å². The van der Waals surface area contributed by atoms with Crippen molar-refractivity contribution in [1.82, 2.24) is 0 Å². The van der Waals surface area contributed by atoms with Crippen molar-refractivity contribution in [1.29, 1.82) is 0 Å². The van der Waals surface area contributed by atoms with Gasteiger partial charge in [-0.2, -0.15) is 0 Å². The number of carbonyl (C=O) groups is 2. The minimum atomic E-state index is -1.01. The monoisotopic (exact) mass is 278 g/mol. The van der Waals surface area contributed by atoms with E-state index in [0.29, 0.717) is 29.9 Å². The molecule has 0 spiro atoms. The molecular weight excluding hydrogens is 260 g/mol. The number of aliphatic carboxylic acids is 1. The highest BCUT2D eigenvalue weighted by Gasteiger charge is 2.32. The summed E-state index contributed by atoms with van der Waals surface area (Å²) in [6, 6.07) is 4.81. The van der Waals surface area contributed by atoms with E-state index in [1.54, 1.807) is 25.1 Å². The quantitative estimate of drug-likeness (QED) is 0.916. The first-order valence-corrected chi connectivity index (χ1v) is 6.58. The molecule has 1 aliphatic rings. The lowest BCUT2D eigenvalue weighted by atomic mass is 9.93. The minimum Gasteiger partial charge on any atom is -0.486 e. The van der Waals surface area contributed by atoms with Crippen LogP contribution in [0.25, 0.3) is 0 Å². The fourth-order valence-corrected chi connectivity index (χ4v) is 2.18. The molecule has 1 aromatic rings. The number of carboxylic acid groups (broad SMARTS) is 1. The summed E-state index contributed by atoms with van der Waals surface area (Å²) in [6.07, 6.45) is -0.217. The van der Waals surface area contributed by atoms with Gasteiger partial charge in [-0.3, -0.25) is 4.79 Å². The summed E-state index contributed by atoms with van der Waals surface area (Å²) >= 11 is 0. The normalized spacial score (nSPS) is 17.9. The molecule has 1 heterocycles. The van der Waals surface area contributed by atoms with Crippen molar-refractivity contribution >= 4 is 11.8 Å². The lowest BCUT2D eigenvalue weighted by Gasteiger charge is -2.31. The van der Waals surface area contributed by atoms with Gasteiger partial charge < -0.3 is 14.6 Å². The molecule has 0 fully saturated rings. The molecule has 5 nitrogen and oxygen atoms in total. The Labute approximate surface area is 117 Å². The van der Waals surface area contributed by atoms with Crippen molar-refractivity contribution < 1.29 is 24.2 Å². The molecular formula is C15H18O5. The van der Waals surface area contributed by atoms with Crippen molar-refractivity contribution in [3.8, 4) is 11.5 Å². The van der Waals surface area contributed by atoms with Gasteiger partial charge in [0.1, 0.15) is 17.1 Å². The summed E-state index contributed by atoms with van der Waals surface area (Å²) in [7, 11) is 0. The van der Waals surface area contributed by atoms with Crippen LogP contribution >= 0.6 is 0 Å². The van der Waals surface area contributed by atoms with E-state index in [1.807, 2.05) is 13.8 Å². The molecule has 0 saturated carbocycles. The summed E-state index contributed by atoms with van der Waals surface area (Å²) < 4.78 is 11.2. The Morgan fingerprint density at radius 1 is 1.50 bits per heavy atom. The molecule has 1 aliphatic heterocycles. The zero-order chi connectivity index (χ0) is 14.9. The van der Waals surface area contributed by atoms with Crippen LogP contribution in [0.5, 0.6) is 11.5 Å². The summed E-state index contributed by atoms with van der Waals surface area (Å²) in [6.45, 7) is 5.42. The molecule has 5 heteroatoms. The molecule has 0 aliphatic carbocycles. The fourth-order valence-electron chi connectivity index (χ4n) is 2.18. The third kappa shape index (κ3) is 2.92. The zero-order valence-corrected chi connectivity index (χ0v) is 11.8. The number of ether oxygens (including phenoxy) is 2. The van der Waals surface area contributed by atoms with E-state index in [2.05, 4.69) is 0 Å². The van der Waals surface area contributed by atoms with Crippen molar-refractivity contribution in [2.75, 3.05) is 0 Å². The molecule has 0 radical (unpaired) electrons. The average molecular weight is 278 g/mol. The van der Waals surface area contributed by atoms with E-state index >= 15 is 0 Å². The lowest BCUT2D eigenvalue weighted by Crippen LogP contribution is -2.35. The molecule has 0 bridgehead atoms. The van der Waals surface area contributed by atoms with Gasteiger partial charge in [-0.1, -0.05) is 6.92 Å². The van der Waals surface area contributed by atoms with Gasteiger partial charge in [0, 0.05) is 6.07 Å². The Hall–Kier alpha value is -2.04. The molecule has 2 rings (SSSR count). The first-order chi connectivity index (χ1) is 9.32. The first-order valence-electron chi connectivity index (χ1n) is 6.58. The zero-order valence-electron chi connectivity index (χ0n) is 11.8. The molecule has 1 aromatic carbocycles. The van der Waals surface area contributed by atoms with E-state index in [4.69, 9.17) is 14.6 Å². The number of carbonyl (C=O) groups excluding carboxylic acids is 1. The topological polar surface area (TPSA) is 72.8 Å². The van der Waals surface area contributed by atoms with Gasteiger partial charge in [0.15, 0.2) is 11.9 Å². The maximum atomic E-state index is 12.0. The van der Waals surface area contributed by atoms with Crippen LogP contribution in [0.4, 0.5) is 0 Å². The second kappa shape index (κ2) is 5.15. The predicted molar refractivity (Wildman–Crippen MR) is 72.4 cm³/mol. The molecule has 0 aromatic heterocycles. The maximum Gasteiger partial charge on any atom is 0.344 e. The van der Waals surface area contributed by atoms with Crippen molar-refractivity contribution in [3.05, 3.63) is 23.8 Å². The van der Waals surface area contributed by atoms with E-state index in [-0.39, 0.29) is 5.78 Å². The highest BCUT2D eigenvalue weighted by molar-refractivity contribution is 6.00. The van der Waals surface area contributed by atoms with Crippen LogP contribution < -0.4 is 9.47 Å². The van der Waals surface area contributed by atoms with Gasteiger partial charge in [-0.15, -0.1) is 0 Å². The second-order valence-electron chi connectivity index (χ2n) is 5.47. The summed E-state index contributed by atoms with van der Waals surface area (Å²) in [4.78, 5) is 23.0. The van der Waals surface area contributed by atoms with E-state index in [1.165, 1.54) is 0 Å². The van der Waals surface area contributed by atoms with Crippen LogP contribution in [0.3, 0.4) is 0 Å². The van der Waals surface area contributed by atoms with Crippen molar-refractivity contribution in [3.63, 3.8) is 0 Å². The number of Topliss-reactive ketones (excluding diaryl/α,β-unsaturated/α-hetero) is 1. The molecule has 0 amide bonds. The van der Waals surface area contributed by atoms with Crippen LogP contribution in [-0.4, -0.2) is 28.6 Å². The summed E-state index contributed by atoms with van der Waals surface area (Å²) in [5.41, 5.74) is -0.0420. The number of ketones is 1. The number of benzene rings is 1. The number of hydrogen-bond acceptors (Lipinski definition) is 4. The van der Waals surface area contributed by atoms with E-state index < -0.39 is 17.7 Å². The van der Waals surface area contributed by atoms with Gasteiger partial charge in [-0.25, -0.2) is 4.79 Å². The lowest BCUT2D eigenvalue weighted by molar-refractivity contribution is -0.145. The fraction of sp³-hybridized carbons (Fsp3) is 0.467. The Bertz CT molecular complexity index is 547. The molecule has 1 atom stereocenters. The summed E-state index contributed by atoms with van der Waals surface area (Å²) in [5, 5.41) is 8.99. The standard InChI is InChI=1S/C15H18O5/c1-4-12(14(17)18)19-9-5-6-10-11(16)8-15(2,3)20-13(10)7-9/h5-7,12H,4,8H2,1-3H3,(H,17,18). The van der Waals surface area contributed by atoms with Gasteiger partial charge in [-0.05, 0) is 32.4 Å². The first kappa shape index (κ1) is 14.4. The van der Waals surface area contributed by atoms with E-state index in [0.717, 1.165) is 0 Å². The second-order valence-corrected chi connectivity index (χ2v) is 5.47. The maximum absolute atomic E-state index is 12.0. The number of hydrogen-bond donors (Lipinski definition) is 1. The molecule has 1 unspecified atom stereocenters. The van der Waals surface area contributed by atoms with E-state index in [9.17, 15) is 9.59 Å². The van der Waals surface area contributed by atoms with Crippen LogP contribution in [0.15, 0.2) is 18.2 Å². The van der Waals surface area contributed by atoms with Crippen LogP contribution in [0.2, 0.25) is 0 Å². The minimum absolute atomic E-state index is 0.0214. The van der Waals surface area contributed by atoms with Crippen molar-refractivity contribution in [2.24, 2.45) is 0 Å². The van der Waals surface area contributed by atoms with Gasteiger partial charge in [0.25, 0.3) is 0 Å².